The van der Waals surface area contributed by atoms with Gasteiger partial charge in [-0.25, -0.2) is 8.42 Å². The zero-order chi connectivity index (χ0) is 27.9. The zero-order valence-corrected chi connectivity index (χ0v) is 21.9. The van der Waals surface area contributed by atoms with Crippen molar-refractivity contribution in [3.05, 3.63) is 96.1 Å². The lowest BCUT2D eigenvalue weighted by molar-refractivity contribution is -0.143. The minimum absolute atomic E-state index is 0.0797. The minimum atomic E-state index is -5.18. The van der Waals surface area contributed by atoms with Crippen LogP contribution in [0.5, 0.6) is 0 Å². The third-order valence-corrected chi connectivity index (χ3v) is 10.9. The standard InChI is InChI=1S/C26H23F6N2O2PS/c1-3-4-14-34(38(35,36)21-16-18(25(27,28)29)15-19(17-21)26(30,31)32)24-33(2)22-12-8-9-13-23(22)37(24)20-10-6-5-7-11-20/h3-13,15-17,24H,14H2,1-2H3/b4-3+/t24-,37?/m0/s1. The topological polar surface area (TPSA) is 40.6 Å². The monoisotopic (exact) mass is 572 g/mol. The lowest BCUT2D eigenvalue weighted by Crippen LogP contribution is -2.47. The van der Waals surface area contributed by atoms with Crippen LogP contribution in [-0.4, -0.2) is 32.2 Å². The molecule has 202 valence electrons. The van der Waals surface area contributed by atoms with Gasteiger partial charge in [0.05, 0.1) is 16.0 Å². The molecule has 1 unspecified atom stereocenters. The second-order valence-corrected chi connectivity index (χ2v) is 12.6. The van der Waals surface area contributed by atoms with E-state index in [9.17, 15) is 34.8 Å². The molecular weight excluding hydrogens is 549 g/mol. The van der Waals surface area contributed by atoms with Gasteiger partial charge in [0.15, 0.2) is 0 Å². The summed E-state index contributed by atoms with van der Waals surface area (Å²) in [5, 5.41) is 1.66. The van der Waals surface area contributed by atoms with Crippen molar-refractivity contribution in [2.24, 2.45) is 0 Å². The first-order valence-electron chi connectivity index (χ1n) is 11.4. The van der Waals surface area contributed by atoms with Crippen LogP contribution in [0.3, 0.4) is 0 Å². The Morgan fingerprint density at radius 1 is 0.895 bits per heavy atom. The van der Waals surface area contributed by atoms with Gasteiger partial charge in [0, 0.05) is 24.6 Å². The van der Waals surface area contributed by atoms with Crippen molar-refractivity contribution in [2.75, 3.05) is 18.5 Å². The molecular formula is C26H23F6N2O2PS. The van der Waals surface area contributed by atoms with E-state index in [1.165, 1.54) is 6.08 Å². The first kappa shape index (κ1) is 28.1. The summed E-state index contributed by atoms with van der Waals surface area (Å²) in [5.74, 6) is -0.908. The van der Waals surface area contributed by atoms with E-state index in [2.05, 4.69) is 0 Å². The van der Waals surface area contributed by atoms with E-state index in [0.717, 1.165) is 20.6 Å². The second kappa shape index (κ2) is 10.4. The summed E-state index contributed by atoms with van der Waals surface area (Å²) < 4.78 is 110. The maximum atomic E-state index is 14.0. The van der Waals surface area contributed by atoms with Gasteiger partial charge in [-0.2, -0.15) is 30.6 Å². The minimum Gasteiger partial charge on any atom is -0.353 e. The van der Waals surface area contributed by atoms with E-state index in [-0.39, 0.29) is 24.7 Å². The highest BCUT2D eigenvalue weighted by molar-refractivity contribution is 7.90. The van der Waals surface area contributed by atoms with Crippen LogP contribution < -0.4 is 15.5 Å². The molecule has 0 spiro atoms. The highest BCUT2D eigenvalue weighted by Gasteiger charge is 2.46. The van der Waals surface area contributed by atoms with Crippen LogP contribution in [0, 0.1) is 0 Å². The van der Waals surface area contributed by atoms with Crippen molar-refractivity contribution in [2.45, 2.75) is 30.1 Å². The number of para-hydroxylation sites is 1. The molecule has 38 heavy (non-hydrogen) atoms. The summed E-state index contributed by atoms with van der Waals surface area (Å²) in [7, 11) is -4.63. The van der Waals surface area contributed by atoms with Gasteiger partial charge in [0.1, 0.15) is 5.91 Å². The van der Waals surface area contributed by atoms with Gasteiger partial charge in [-0.3, -0.25) is 0 Å². The molecule has 0 saturated heterocycles. The van der Waals surface area contributed by atoms with Crippen molar-refractivity contribution in [1.82, 2.24) is 4.31 Å². The number of hydrogen-bond donors (Lipinski definition) is 0. The molecule has 2 atom stereocenters. The molecule has 3 aromatic rings. The summed E-state index contributed by atoms with van der Waals surface area (Å²) in [4.78, 5) is 0.643. The molecule has 1 aliphatic rings. The highest BCUT2D eigenvalue weighted by atomic mass is 32.2. The van der Waals surface area contributed by atoms with Crippen molar-refractivity contribution >= 4 is 34.2 Å². The van der Waals surface area contributed by atoms with Gasteiger partial charge in [-0.1, -0.05) is 60.7 Å². The summed E-state index contributed by atoms with van der Waals surface area (Å²) >= 11 is 0. The lowest BCUT2D eigenvalue weighted by Gasteiger charge is -2.36. The van der Waals surface area contributed by atoms with E-state index in [1.807, 2.05) is 18.2 Å². The second-order valence-electron chi connectivity index (χ2n) is 8.54. The smallest absolute Gasteiger partial charge is 0.353 e. The Morgan fingerprint density at radius 3 is 2.00 bits per heavy atom. The predicted molar refractivity (Wildman–Crippen MR) is 136 cm³/mol. The Labute approximate surface area is 218 Å². The molecule has 1 aliphatic heterocycles. The van der Waals surface area contributed by atoms with Crippen molar-refractivity contribution in [3.63, 3.8) is 0 Å². The van der Waals surface area contributed by atoms with Gasteiger partial charge in [-0.05, 0) is 44.4 Å². The molecule has 0 bridgehead atoms. The fraction of sp³-hybridized carbons (Fsp3) is 0.231. The van der Waals surface area contributed by atoms with Gasteiger partial charge < -0.3 is 4.90 Å². The number of rotatable bonds is 6. The maximum absolute atomic E-state index is 14.0. The average Bonchev–Trinajstić information content (AvgIpc) is 3.15. The molecule has 12 heteroatoms. The number of hydrogen-bond acceptors (Lipinski definition) is 3. The third-order valence-electron chi connectivity index (χ3n) is 6.08. The van der Waals surface area contributed by atoms with Crippen LogP contribution in [0.4, 0.5) is 32.0 Å². The number of sulfonamides is 1. The molecule has 3 aromatic carbocycles. The Balaban J connectivity index is 1.94. The van der Waals surface area contributed by atoms with Gasteiger partial charge in [0.2, 0.25) is 10.0 Å². The maximum Gasteiger partial charge on any atom is 0.416 e. The van der Waals surface area contributed by atoms with Crippen LogP contribution in [-0.2, 0) is 22.4 Å². The normalized spacial score (nSPS) is 18.4. The number of alkyl halides is 6. The molecule has 4 rings (SSSR count). The van der Waals surface area contributed by atoms with Crippen LogP contribution in [0.2, 0.25) is 0 Å². The molecule has 0 saturated carbocycles. The average molecular weight is 573 g/mol. The zero-order valence-electron chi connectivity index (χ0n) is 20.2. The first-order valence-corrected chi connectivity index (χ1v) is 14.2. The van der Waals surface area contributed by atoms with Crippen LogP contribution >= 0.6 is 7.92 Å². The van der Waals surface area contributed by atoms with Crippen LogP contribution in [0.1, 0.15) is 18.1 Å². The first-order chi connectivity index (χ1) is 17.8. The van der Waals surface area contributed by atoms with Crippen molar-refractivity contribution < 1.29 is 34.8 Å². The molecule has 0 radical (unpaired) electrons. The Bertz CT molecular complexity index is 1410. The summed E-state index contributed by atoms with van der Waals surface area (Å²) in [6, 6.07) is 16.8. The van der Waals surface area contributed by atoms with Crippen LogP contribution in [0.15, 0.2) is 89.8 Å². The third kappa shape index (κ3) is 5.32. The Morgan fingerprint density at radius 2 is 1.45 bits per heavy atom. The molecule has 0 N–H and O–H groups in total. The van der Waals surface area contributed by atoms with Gasteiger partial charge in [0.25, 0.3) is 0 Å². The number of allylic oxidation sites excluding steroid dienone is 1. The molecule has 4 nitrogen and oxygen atoms in total. The Hall–Kier alpha value is -2.88. The van der Waals surface area contributed by atoms with Crippen LogP contribution in [0.25, 0.3) is 0 Å². The Kier molecular flexibility index (Phi) is 7.67. The fourth-order valence-corrected chi connectivity index (χ4v) is 9.29. The largest absolute Gasteiger partial charge is 0.416 e. The molecule has 0 aromatic heterocycles. The number of halogens is 6. The highest BCUT2D eigenvalue weighted by Crippen LogP contribution is 2.52. The van der Waals surface area contributed by atoms with E-state index < -0.39 is 52.2 Å². The SMILES string of the molecule is C/C=C/CN([C@@H]1N(C)c2ccccc2P1c1ccccc1)S(=O)(=O)c1cc(C(F)(F)F)cc(C(F)(F)F)c1. The number of anilines is 1. The number of nitrogens with zero attached hydrogens (tertiary/aromatic N) is 2. The quantitative estimate of drug-likeness (QED) is 0.202. The van der Waals surface area contributed by atoms with Gasteiger partial charge in [-0.15, -0.1) is 0 Å². The predicted octanol–water partition coefficient (Wildman–Crippen LogP) is 6.16. The molecule has 0 aliphatic carbocycles. The van der Waals surface area contributed by atoms with E-state index in [0.29, 0.717) is 0 Å². The van der Waals surface area contributed by atoms with E-state index >= 15 is 0 Å². The van der Waals surface area contributed by atoms with Crippen molar-refractivity contribution in [1.29, 1.82) is 0 Å². The summed E-state index contributed by atoms with van der Waals surface area (Å²) in [5.41, 5.74) is -2.65. The van der Waals surface area contributed by atoms with E-state index in [4.69, 9.17) is 0 Å². The summed E-state index contributed by atoms with van der Waals surface area (Å²) in [6.07, 6.45) is -7.29. The van der Waals surface area contributed by atoms with E-state index in [1.54, 1.807) is 61.3 Å². The lowest BCUT2D eigenvalue weighted by atomic mass is 10.1. The van der Waals surface area contributed by atoms with Gasteiger partial charge >= 0.3 is 12.4 Å². The summed E-state index contributed by atoms with van der Waals surface area (Å²) in [6.45, 7) is 1.38. The van der Waals surface area contributed by atoms with Crippen molar-refractivity contribution in [3.8, 4) is 0 Å². The number of fused-ring (bicyclic) bond motifs is 1. The fourth-order valence-electron chi connectivity index (χ4n) is 4.31. The number of benzene rings is 3. The molecule has 0 fully saturated rings. The molecule has 1 heterocycles. The molecule has 0 amide bonds.